The van der Waals surface area contributed by atoms with E-state index in [0.717, 1.165) is 16.8 Å². The molecule has 0 radical (unpaired) electrons. The van der Waals surface area contributed by atoms with Gasteiger partial charge in [0, 0.05) is 23.9 Å². The van der Waals surface area contributed by atoms with E-state index in [1.165, 1.54) is 18.7 Å². The SMILES string of the molecule is CC(=O)c1ccc(N(CC(=O)Nc2cc(C)ccc2C)C(C)=O)cc1. The lowest BCUT2D eigenvalue weighted by atomic mass is 10.1. The number of rotatable bonds is 5. The van der Waals surface area contributed by atoms with Crippen LogP contribution in [-0.4, -0.2) is 24.1 Å². The number of benzene rings is 2. The molecule has 2 aromatic rings. The van der Waals surface area contributed by atoms with E-state index in [-0.39, 0.29) is 24.1 Å². The van der Waals surface area contributed by atoms with Crippen LogP contribution < -0.4 is 10.2 Å². The smallest absolute Gasteiger partial charge is 0.244 e. The predicted molar refractivity (Wildman–Crippen MR) is 99.0 cm³/mol. The van der Waals surface area contributed by atoms with Crippen molar-refractivity contribution in [2.45, 2.75) is 27.7 Å². The molecule has 2 amide bonds. The van der Waals surface area contributed by atoms with Crippen molar-refractivity contribution in [1.29, 1.82) is 0 Å². The fourth-order valence-electron chi connectivity index (χ4n) is 2.46. The van der Waals surface area contributed by atoms with Gasteiger partial charge in [-0.15, -0.1) is 0 Å². The van der Waals surface area contributed by atoms with Gasteiger partial charge in [0.15, 0.2) is 5.78 Å². The summed E-state index contributed by atoms with van der Waals surface area (Å²) in [7, 11) is 0. The Morgan fingerprint density at radius 3 is 2.16 bits per heavy atom. The maximum absolute atomic E-state index is 12.4. The Hall–Kier alpha value is -2.95. The van der Waals surface area contributed by atoms with E-state index in [2.05, 4.69) is 5.32 Å². The van der Waals surface area contributed by atoms with E-state index in [9.17, 15) is 14.4 Å². The summed E-state index contributed by atoms with van der Waals surface area (Å²) in [5.74, 6) is -0.570. The van der Waals surface area contributed by atoms with Crippen LogP contribution in [-0.2, 0) is 9.59 Å². The zero-order chi connectivity index (χ0) is 18.6. The lowest BCUT2D eigenvalue weighted by Gasteiger charge is -2.21. The van der Waals surface area contributed by atoms with Crippen molar-refractivity contribution in [2.75, 3.05) is 16.8 Å². The first-order valence-corrected chi connectivity index (χ1v) is 8.04. The molecule has 0 saturated heterocycles. The van der Waals surface area contributed by atoms with E-state index in [0.29, 0.717) is 11.3 Å². The number of nitrogens with one attached hydrogen (secondary N) is 1. The molecule has 0 fully saturated rings. The van der Waals surface area contributed by atoms with E-state index >= 15 is 0 Å². The number of amides is 2. The Balaban J connectivity index is 2.15. The molecule has 0 atom stereocenters. The van der Waals surface area contributed by atoms with Gasteiger partial charge in [0.25, 0.3) is 0 Å². The summed E-state index contributed by atoms with van der Waals surface area (Å²) < 4.78 is 0. The molecular weight excluding hydrogens is 316 g/mol. The van der Waals surface area contributed by atoms with Crippen molar-refractivity contribution in [3.8, 4) is 0 Å². The van der Waals surface area contributed by atoms with Crippen LogP contribution in [0.15, 0.2) is 42.5 Å². The van der Waals surface area contributed by atoms with E-state index in [1.807, 2.05) is 32.0 Å². The van der Waals surface area contributed by atoms with Gasteiger partial charge in [0.2, 0.25) is 11.8 Å². The molecule has 5 nitrogen and oxygen atoms in total. The normalized spacial score (nSPS) is 10.2. The Labute approximate surface area is 147 Å². The van der Waals surface area contributed by atoms with E-state index < -0.39 is 0 Å². The zero-order valence-electron chi connectivity index (χ0n) is 14.9. The van der Waals surface area contributed by atoms with E-state index in [1.54, 1.807) is 24.3 Å². The fourth-order valence-corrected chi connectivity index (χ4v) is 2.46. The summed E-state index contributed by atoms with van der Waals surface area (Å²) in [5.41, 5.74) is 3.88. The van der Waals surface area contributed by atoms with Crippen LogP contribution in [0.3, 0.4) is 0 Å². The van der Waals surface area contributed by atoms with Crippen molar-refractivity contribution in [3.05, 3.63) is 59.2 Å². The second kappa shape index (κ2) is 7.75. The lowest BCUT2D eigenvalue weighted by Crippen LogP contribution is -2.36. The highest BCUT2D eigenvalue weighted by molar-refractivity contribution is 6.02. The van der Waals surface area contributed by atoms with Gasteiger partial charge in [-0.2, -0.15) is 0 Å². The molecule has 5 heteroatoms. The van der Waals surface area contributed by atoms with Crippen molar-refractivity contribution in [3.63, 3.8) is 0 Å². The third kappa shape index (κ3) is 4.76. The number of carbonyl (C=O) groups is 3. The highest BCUT2D eigenvalue weighted by atomic mass is 16.2. The summed E-state index contributed by atoms with van der Waals surface area (Å²) in [6.45, 7) is 6.66. The standard InChI is InChI=1S/C20H22N2O3/c1-13-5-6-14(2)19(11-13)21-20(25)12-22(16(4)24)18-9-7-17(8-10-18)15(3)23/h5-11H,12H2,1-4H3,(H,21,25). The highest BCUT2D eigenvalue weighted by Crippen LogP contribution is 2.18. The van der Waals surface area contributed by atoms with Gasteiger partial charge in [-0.25, -0.2) is 0 Å². The minimum absolute atomic E-state index is 0.0476. The third-order valence-corrected chi connectivity index (χ3v) is 3.93. The fraction of sp³-hybridized carbons (Fsp3) is 0.250. The molecule has 2 aromatic carbocycles. The largest absolute Gasteiger partial charge is 0.324 e. The zero-order valence-corrected chi connectivity index (χ0v) is 14.9. The summed E-state index contributed by atoms with van der Waals surface area (Å²) in [5, 5.41) is 2.85. The molecule has 2 rings (SSSR count). The molecule has 0 heterocycles. The molecule has 0 spiro atoms. The molecule has 0 aliphatic rings. The number of hydrogen-bond acceptors (Lipinski definition) is 3. The van der Waals surface area contributed by atoms with Crippen molar-refractivity contribution in [2.24, 2.45) is 0 Å². The predicted octanol–water partition coefficient (Wildman–Crippen LogP) is 3.50. The summed E-state index contributed by atoms with van der Waals surface area (Å²) in [6.07, 6.45) is 0. The van der Waals surface area contributed by atoms with Gasteiger partial charge >= 0.3 is 0 Å². The number of Topliss-reactive ketones (excluding diaryl/α,β-unsaturated/α-hetero) is 1. The maximum Gasteiger partial charge on any atom is 0.244 e. The van der Waals surface area contributed by atoms with Crippen LogP contribution >= 0.6 is 0 Å². The Morgan fingerprint density at radius 1 is 0.960 bits per heavy atom. The molecule has 0 aliphatic heterocycles. The number of carbonyl (C=O) groups excluding carboxylic acids is 3. The maximum atomic E-state index is 12.4. The minimum Gasteiger partial charge on any atom is -0.324 e. The van der Waals surface area contributed by atoms with Crippen LogP contribution in [0.2, 0.25) is 0 Å². The van der Waals surface area contributed by atoms with Gasteiger partial charge in [-0.05, 0) is 62.2 Å². The van der Waals surface area contributed by atoms with Gasteiger partial charge in [0.1, 0.15) is 6.54 Å². The van der Waals surface area contributed by atoms with Crippen LogP contribution in [0, 0.1) is 13.8 Å². The van der Waals surface area contributed by atoms with Gasteiger partial charge in [-0.1, -0.05) is 12.1 Å². The Kier molecular flexibility index (Phi) is 5.70. The Bertz CT molecular complexity index is 810. The van der Waals surface area contributed by atoms with Crippen LogP contribution in [0.4, 0.5) is 11.4 Å². The molecule has 0 aliphatic carbocycles. The molecule has 0 unspecified atom stereocenters. The molecule has 0 saturated carbocycles. The molecule has 1 N–H and O–H groups in total. The molecule has 25 heavy (non-hydrogen) atoms. The number of aryl methyl sites for hydroxylation is 2. The molecule has 0 aromatic heterocycles. The van der Waals surface area contributed by atoms with Gasteiger partial charge in [0.05, 0.1) is 0 Å². The summed E-state index contributed by atoms with van der Waals surface area (Å²) >= 11 is 0. The number of nitrogens with zero attached hydrogens (tertiary/aromatic N) is 1. The van der Waals surface area contributed by atoms with Crippen molar-refractivity contribution < 1.29 is 14.4 Å². The third-order valence-electron chi connectivity index (χ3n) is 3.93. The monoisotopic (exact) mass is 338 g/mol. The van der Waals surface area contributed by atoms with Crippen LogP contribution in [0.25, 0.3) is 0 Å². The molecular formula is C20H22N2O3. The first-order valence-electron chi connectivity index (χ1n) is 8.04. The van der Waals surface area contributed by atoms with Gasteiger partial charge in [-0.3, -0.25) is 14.4 Å². The lowest BCUT2D eigenvalue weighted by molar-refractivity contribution is -0.120. The van der Waals surface area contributed by atoms with Crippen LogP contribution in [0.1, 0.15) is 35.3 Å². The summed E-state index contributed by atoms with van der Waals surface area (Å²) in [6, 6.07) is 12.4. The molecule has 0 bridgehead atoms. The number of anilines is 2. The average molecular weight is 338 g/mol. The highest BCUT2D eigenvalue weighted by Gasteiger charge is 2.16. The topological polar surface area (TPSA) is 66.5 Å². The van der Waals surface area contributed by atoms with Crippen molar-refractivity contribution in [1.82, 2.24) is 0 Å². The first-order chi connectivity index (χ1) is 11.8. The Morgan fingerprint density at radius 2 is 1.60 bits per heavy atom. The minimum atomic E-state index is -0.278. The molecule has 130 valence electrons. The average Bonchev–Trinajstić information content (AvgIpc) is 2.56. The second-order valence-electron chi connectivity index (χ2n) is 6.07. The second-order valence-corrected chi connectivity index (χ2v) is 6.07. The quantitative estimate of drug-likeness (QED) is 0.849. The summed E-state index contributed by atoms with van der Waals surface area (Å²) in [4.78, 5) is 37.1. The van der Waals surface area contributed by atoms with Crippen molar-refractivity contribution >= 4 is 29.0 Å². The van der Waals surface area contributed by atoms with Crippen LogP contribution in [0.5, 0.6) is 0 Å². The van der Waals surface area contributed by atoms with E-state index in [4.69, 9.17) is 0 Å². The number of hydrogen-bond donors (Lipinski definition) is 1. The number of ketones is 1. The first kappa shape index (κ1) is 18.4. The van der Waals surface area contributed by atoms with Gasteiger partial charge < -0.3 is 10.2 Å².